The van der Waals surface area contributed by atoms with Crippen molar-refractivity contribution in [2.45, 2.75) is 26.3 Å². The van der Waals surface area contributed by atoms with Crippen LogP contribution in [0.2, 0.25) is 0 Å². The molecular weight excluding hydrogens is 258 g/mol. The quantitative estimate of drug-likeness (QED) is 0.765. The van der Waals surface area contributed by atoms with Crippen molar-refractivity contribution in [2.24, 2.45) is 0 Å². The third kappa shape index (κ3) is 2.03. The number of aromatic nitrogens is 4. The molecular formula is C13H17N5O2. The van der Waals surface area contributed by atoms with Crippen LogP contribution in [0.4, 0.5) is 0 Å². The summed E-state index contributed by atoms with van der Waals surface area (Å²) in [6.07, 6.45) is 1.66. The number of hydrogen-bond donors (Lipinski definition) is 0. The number of ether oxygens (including phenoxy) is 1. The summed E-state index contributed by atoms with van der Waals surface area (Å²) in [6, 6.07) is 1.83. The molecule has 7 nitrogen and oxygen atoms in total. The highest BCUT2D eigenvalue weighted by Gasteiger charge is 2.36. The van der Waals surface area contributed by atoms with Gasteiger partial charge in [0.05, 0.1) is 18.8 Å². The van der Waals surface area contributed by atoms with Gasteiger partial charge in [0.1, 0.15) is 0 Å². The first-order valence-corrected chi connectivity index (χ1v) is 6.57. The van der Waals surface area contributed by atoms with Gasteiger partial charge in [-0.2, -0.15) is 4.98 Å². The molecule has 1 amide bonds. The van der Waals surface area contributed by atoms with Crippen LogP contribution in [0.25, 0.3) is 5.78 Å². The van der Waals surface area contributed by atoms with Crippen LogP contribution in [0.15, 0.2) is 12.3 Å². The van der Waals surface area contributed by atoms with Crippen LogP contribution in [0, 0.1) is 6.92 Å². The van der Waals surface area contributed by atoms with E-state index in [9.17, 15) is 4.79 Å². The first-order valence-electron chi connectivity index (χ1n) is 6.57. The van der Waals surface area contributed by atoms with Crippen molar-refractivity contribution >= 4 is 11.7 Å². The lowest BCUT2D eigenvalue weighted by atomic mass is 10.0. The molecule has 0 spiro atoms. The zero-order valence-corrected chi connectivity index (χ0v) is 11.8. The Morgan fingerprint density at radius 2 is 2.25 bits per heavy atom. The van der Waals surface area contributed by atoms with E-state index in [0.717, 1.165) is 5.69 Å². The largest absolute Gasteiger partial charge is 0.377 e. The van der Waals surface area contributed by atoms with Gasteiger partial charge in [-0.3, -0.25) is 4.79 Å². The van der Waals surface area contributed by atoms with Gasteiger partial charge in [0, 0.05) is 18.4 Å². The highest BCUT2D eigenvalue weighted by molar-refractivity contribution is 5.91. The minimum Gasteiger partial charge on any atom is -0.377 e. The lowest BCUT2D eigenvalue weighted by Crippen LogP contribution is -2.55. The van der Waals surface area contributed by atoms with Crippen molar-refractivity contribution < 1.29 is 9.53 Å². The van der Waals surface area contributed by atoms with E-state index >= 15 is 0 Å². The van der Waals surface area contributed by atoms with Gasteiger partial charge >= 0.3 is 0 Å². The van der Waals surface area contributed by atoms with Crippen molar-refractivity contribution in [1.29, 1.82) is 0 Å². The molecule has 0 saturated carbocycles. The van der Waals surface area contributed by atoms with Crippen molar-refractivity contribution in [3.63, 3.8) is 0 Å². The fraction of sp³-hybridized carbons (Fsp3) is 0.538. The number of carbonyl (C=O) groups is 1. The number of hydrogen-bond acceptors (Lipinski definition) is 5. The van der Waals surface area contributed by atoms with Crippen molar-refractivity contribution in [3.05, 3.63) is 23.8 Å². The van der Waals surface area contributed by atoms with E-state index in [1.165, 1.54) is 0 Å². The summed E-state index contributed by atoms with van der Waals surface area (Å²) in [5.41, 5.74) is 0.540. The Balaban J connectivity index is 1.98. The van der Waals surface area contributed by atoms with E-state index in [1.54, 1.807) is 15.6 Å². The molecule has 2 aromatic rings. The molecule has 0 unspecified atom stereocenters. The molecule has 1 aliphatic rings. The van der Waals surface area contributed by atoms with E-state index in [-0.39, 0.29) is 17.3 Å². The van der Waals surface area contributed by atoms with Gasteiger partial charge in [0.2, 0.25) is 5.82 Å². The van der Waals surface area contributed by atoms with Gasteiger partial charge < -0.3 is 9.64 Å². The summed E-state index contributed by atoms with van der Waals surface area (Å²) in [5, 5.41) is 4.26. The highest BCUT2D eigenvalue weighted by Crippen LogP contribution is 2.20. The number of morpholine rings is 1. The SMILES string of the molecule is Cc1ccnc2nc(C(=O)N3CCOCC3(C)C)nn12. The fourth-order valence-corrected chi connectivity index (χ4v) is 2.35. The molecule has 3 heterocycles. The smallest absolute Gasteiger partial charge is 0.294 e. The van der Waals surface area contributed by atoms with Crippen LogP contribution in [0.1, 0.15) is 30.2 Å². The first kappa shape index (κ1) is 13.0. The normalized spacial score (nSPS) is 18.4. The monoisotopic (exact) mass is 275 g/mol. The van der Waals surface area contributed by atoms with E-state index in [2.05, 4.69) is 15.1 Å². The van der Waals surface area contributed by atoms with Gasteiger partial charge in [-0.25, -0.2) is 9.50 Å². The average Bonchev–Trinajstić information content (AvgIpc) is 2.83. The van der Waals surface area contributed by atoms with E-state index in [4.69, 9.17) is 4.74 Å². The van der Waals surface area contributed by atoms with Crippen LogP contribution in [-0.4, -0.2) is 55.7 Å². The second-order valence-corrected chi connectivity index (χ2v) is 5.56. The average molecular weight is 275 g/mol. The summed E-state index contributed by atoms with van der Waals surface area (Å²) >= 11 is 0. The van der Waals surface area contributed by atoms with Gasteiger partial charge in [0.25, 0.3) is 11.7 Å². The van der Waals surface area contributed by atoms with Crippen LogP contribution < -0.4 is 0 Å². The predicted molar refractivity (Wildman–Crippen MR) is 71.5 cm³/mol. The third-order valence-corrected chi connectivity index (χ3v) is 3.51. The lowest BCUT2D eigenvalue weighted by Gasteiger charge is -2.41. The molecule has 1 fully saturated rings. The van der Waals surface area contributed by atoms with Crippen LogP contribution in [0.3, 0.4) is 0 Å². The second-order valence-electron chi connectivity index (χ2n) is 5.56. The van der Waals surface area contributed by atoms with Crippen molar-refractivity contribution in [1.82, 2.24) is 24.5 Å². The highest BCUT2D eigenvalue weighted by atomic mass is 16.5. The number of amides is 1. The molecule has 2 aromatic heterocycles. The Kier molecular flexibility index (Phi) is 2.93. The summed E-state index contributed by atoms with van der Waals surface area (Å²) < 4.78 is 7.01. The summed E-state index contributed by atoms with van der Waals surface area (Å²) in [6.45, 7) is 7.46. The summed E-state index contributed by atoms with van der Waals surface area (Å²) in [5.74, 6) is 0.449. The predicted octanol–water partition coefficient (Wildman–Crippen LogP) is 0.684. The number of aryl methyl sites for hydroxylation is 1. The van der Waals surface area contributed by atoms with Gasteiger partial charge in [-0.05, 0) is 26.8 Å². The van der Waals surface area contributed by atoms with E-state index < -0.39 is 0 Å². The topological polar surface area (TPSA) is 72.6 Å². The zero-order valence-electron chi connectivity index (χ0n) is 11.8. The molecule has 106 valence electrons. The van der Waals surface area contributed by atoms with Crippen LogP contribution in [0.5, 0.6) is 0 Å². The molecule has 1 aliphatic heterocycles. The minimum absolute atomic E-state index is 0.178. The zero-order chi connectivity index (χ0) is 14.3. The number of carbonyl (C=O) groups excluding carboxylic acids is 1. The molecule has 3 rings (SSSR count). The van der Waals surface area contributed by atoms with Crippen molar-refractivity contribution in [3.8, 4) is 0 Å². The molecule has 1 saturated heterocycles. The van der Waals surface area contributed by atoms with Crippen molar-refractivity contribution in [2.75, 3.05) is 19.8 Å². The molecule has 20 heavy (non-hydrogen) atoms. The van der Waals surface area contributed by atoms with E-state index in [0.29, 0.717) is 25.5 Å². The molecule has 0 N–H and O–H groups in total. The van der Waals surface area contributed by atoms with Crippen LogP contribution >= 0.6 is 0 Å². The summed E-state index contributed by atoms with van der Waals surface area (Å²) in [4.78, 5) is 22.7. The molecule has 0 radical (unpaired) electrons. The maximum Gasteiger partial charge on any atom is 0.294 e. The molecule has 0 aliphatic carbocycles. The number of fused-ring (bicyclic) bond motifs is 1. The maximum atomic E-state index is 12.6. The Morgan fingerprint density at radius 3 is 2.95 bits per heavy atom. The summed E-state index contributed by atoms with van der Waals surface area (Å²) in [7, 11) is 0. The van der Waals surface area contributed by atoms with Gasteiger partial charge in [-0.1, -0.05) is 0 Å². The lowest BCUT2D eigenvalue weighted by molar-refractivity contribution is -0.0375. The Morgan fingerprint density at radius 1 is 1.45 bits per heavy atom. The van der Waals surface area contributed by atoms with Gasteiger partial charge in [0.15, 0.2) is 0 Å². The number of nitrogens with zero attached hydrogens (tertiary/aromatic N) is 5. The minimum atomic E-state index is -0.352. The van der Waals surface area contributed by atoms with Gasteiger partial charge in [-0.15, -0.1) is 5.10 Å². The Bertz CT molecular complexity index is 664. The van der Waals surface area contributed by atoms with E-state index in [1.807, 2.05) is 26.8 Å². The molecule has 0 atom stereocenters. The second kappa shape index (κ2) is 4.52. The number of rotatable bonds is 1. The van der Waals surface area contributed by atoms with Crippen LogP contribution in [-0.2, 0) is 4.74 Å². The first-order chi connectivity index (χ1) is 9.49. The maximum absolute atomic E-state index is 12.6. The Labute approximate surface area is 116 Å². The Hall–Kier alpha value is -2.02. The molecule has 0 bridgehead atoms. The standard InChI is InChI=1S/C13H17N5O2/c1-9-4-5-14-12-15-10(16-18(9)12)11(19)17-6-7-20-8-13(17,2)3/h4-5H,6-8H2,1-3H3. The third-order valence-electron chi connectivity index (χ3n) is 3.51. The molecule has 0 aromatic carbocycles. The molecule has 7 heteroatoms. The fourth-order valence-electron chi connectivity index (χ4n) is 2.35.